The van der Waals surface area contributed by atoms with Crippen LogP contribution in [0.1, 0.15) is 11.1 Å². The van der Waals surface area contributed by atoms with Crippen molar-refractivity contribution in [3.63, 3.8) is 0 Å². The monoisotopic (exact) mass is 347 g/mol. The molecule has 0 spiro atoms. The molecule has 0 aliphatic heterocycles. The van der Waals surface area contributed by atoms with Crippen molar-refractivity contribution in [1.29, 1.82) is 0 Å². The lowest BCUT2D eigenvalue weighted by Gasteiger charge is -2.21. The number of alkyl halides is 3. The molecule has 3 rings (SSSR count). The van der Waals surface area contributed by atoms with E-state index in [0.717, 1.165) is 12.1 Å². The van der Waals surface area contributed by atoms with E-state index in [2.05, 4.69) is 4.98 Å². The topological polar surface area (TPSA) is 38.1 Å². The SMILES string of the molecule is CN(C)c1nc(=O)c2ccccc2n1Cc1cccc(C(F)(F)F)c1. The van der Waals surface area contributed by atoms with Crippen LogP contribution in [0.25, 0.3) is 10.9 Å². The maximum Gasteiger partial charge on any atom is 0.416 e. The largest absolute Gasteiger partial charge is 0.416 e. The summed E-state index contributed by atoms with van der Waals surface area (Å²) in [7, 11) is 3.47. The summed E-state index contributed by atoms with van der Waals surface area (Å²) in [4.78, 5) is 17.9. The van der Waals surface area contributed by atoms with Crippen molar-refractivity contribution < 1.29 is 13.2 Å². The van der Waals surface area contributed by atoms with Crippen LogP contribution in [0.5, 0.6) is 0 Å². The second-order valence-electron chi connectivity index (χ2n) is 5.91. The molecule has 130 valence electrons. The van der Waals surface area contributed by atoms with Gasteiger partial charge in [-0.25, -0.2) is 0 Å². The van der Waals surface area contributed by atoms with Gasteiger partial charge in [0, 0.05) is 14.1 Å². The number of halogens is 3. The number of hydrogen-bond donors (Lipinski definition) is 0. The van der Waals surface area contributed by atoms with Crippen molar-refractivity contribution in [3.05, 3.63) is 70.0 Å². The van der Waals surface area contributed by atoms with Gasteiger partial charge in [-0.15, -0.1) is 0 Å². The second-order valence-corrected chi connectivity index (χ2v) is 5.91. The fourth-order valence-corrected chi connectivity index (χ4v) is 2.73. The van der Waals surface area contributed by atoms with E-state index < -0.39 is 11.7 Å². The number of nitrogens with zero attached hydrogens (tertiary/aromatic N) is 3. The van der Waals surface area contributed by atoms with Crippen LogP contribution in [0.2, 0.25) is 0 Å². The van der Waals surface area contributed by atoms with Crippen molar-refractivity contribution in [2.45, 2.75) is 12.7 Å². The lowest BCUT2D eigenvalue weighted by atomic mass is 10.1. The van der Waals surface area contributed by atoms with Crippen LogP contribution in [0.4, 0.5) is 19.1 Å². The van der Waals surface area contributed by atoms with Gasteiger partial charge in [-0.05, 0) is 29.8 Å². The standard InChI is InChI=1S/C18H16F3N3O/c1-23(2)17-22-16(25)14-8-3-4-9-15(14)24(17)11-12-6-5-7-13(10-12)18(19,20)21/h3-10H,11H2,1-2H3. The van der Waals surface area contributed by atoms with Gasteiger partial charge in [-0.1, -0.05) is 24.3 Å². The van der Waals surface area contributed by atoms with Gasteiger partial charge >= 0.3 is 6.18 Å². The Bertz CT molecular complexity index is 977. The van der Waals surface area contributed by atoms with Crippen molar-refractivity contribution in [2.24, 2.45) is 0 Å². The maximum absolute atomic E-state index is 13.0. The summed E-state index contributed by atoms with van der Waals surface area (Å²) in [6, 6.07) is 12.1. The van der Waals surface area contributed by atoms with Gasteiger partial charge in [0.1, 0.15) is 0 Å². The average Bonchev–Trinajstić information content (AvgIpc) is 2.56. The first-order valence-corrected chi connectivity index (χ1v) is 7.60. The highest BCUT2D eigenvalue weighted by molar-refractivity contribution is 5.79. The Kier molecular flexibility index (Phi) is 4.24. The molecular formula is C18H16F3N3O. The van der Waals surface area contributed by atoms with Gasteiger partial charge in [0.15, 0.2) is 0 Å². The fourth-order valence-electron chi connectivity index (χ4n) is 2.73. The molecule has 0 saturated heterocycles. The molecule has 0 saturated carbocycles. The molecule has 0 N–H and O–H groups in total. The Hall–Kier alpha value is -2.83. The number of para-hydroxylation sites is 1. The minimum Gasteiger partial charge on any atom is -0.348 e. The van der Waals surface area contributed by atoms with E-state index in [1.807, 2.05) is 0 Å². The maximum atomic E-state index is 13.0. The normalized spacial score (nSPS) is 11.7. The summed E-state index contributed by atoms with van der Waals surface area (Å²) >= 11 is 0. The quantitative estimate of drug-likeness (QED) is 0.727. The molecule has 0 bridgehead atoms. The van der Waals surface area contributed by atoms with Gasteiger partial charge in [0.2, 0.25) is 5.95 Å². The minimum atomic E-state index is -4.40. The van der Waals surface area contributed by atoms with Crippen molar-refractivity contribution >= 4 is 16.9 Å². The molecule has 1 heterocycles. The number of benzene rings is 2. The van der Waals surface area contributed by atoms with Crippen LogP contribution in [0.15, 0.2) is 53.3 Å². The first-order chi connectivity index (χ1) is 11.8. The zero-order valence-electron chi connectivity index (χ0n) is 13.7. The molecule has 0 aliphatic carbocycles. The van der Waals surface area contributed by atoms with E-state index in [4.69, 9.17) is 0 Å². The smallest absolute Gasteiger partial charge is 0.348 e. The zero-order valence-corrected chi connectivity index (χ0v) is 13.7. The Morgan fingerprint density at radius 1 is 1.08 bits per heavy atom. The predicted octanol–water partition coefficient (Wildman–Crippen LogP) is 3.53. The molecule has 2 aromatic carbocycles. The van der Waals surface area contributed by atoms with Gasteiger partial charge in [-0.3, -0.25) is 4.79 Å². The highest BCUT2D eigenvalue weighted by atomic mass is 19.4. The molecule has 0 radical (unpaired) electrons. The van der Waals surface area contributed by atoms with Gasteiger partial charge in [0.05, 0.1) is 23.0 Å². The summed E-state index contributed by atoms with van der Waals surface area (Å²) < 4.78 is 40.6. The van der Waals surface area contributed by atoms with Crippen LogP contribution < -0.4 is 10.5 Å². The third-order valence-corrected chi connectivity index (χ3v) is 3.86. The van der Waals surface area contributed by atoms with E-state index in [1.165, 1.54) is 6.07 Å². The molecule has 0 atom stereocenters. The van der Waals surface area contributed by atoms with E-state index in [1.54, 1.807) is 53.9 Å². The lowest BCUT2D eigenvalue weighted by Crippen LogP contribution is -2.24. The van der Waals surface area contributed by atoms with Crippen molar-refractivity contribution in [3.8, 4) is 0 Å². The van der Waals surface area contributed by atoms with E-state index in [9.17, 15) is 18.0 Å². The second kappa shape index (κ2) is 6.23. The molecule has 0 aliphatic rings. The third-order valence-electron chi connectivity index (χ3n) is 3.86. The molecule has 0 unspecified atom stereocenters. The summed E-state index contributed by atoms with van der Waals surface area (Å²) in [5.41, 5.74) is 0.0476. The third kappa shape index (κ3) is 3.35. The fraction of sp³-hybridized carbons (Fsp3) is 0.222. The van der Waals surface area contributed by atoms with Crippen molar-refractivity contribution in [1.82, 2.24) is 9.55 Å². The Morgan fingerprint density at radius 3 is 2.48 bits per heavy atom. The molecule has 0 amide bonds. The summed E-state index contributed by atoms with van der Waals surface area (Å²) in [6.45, 7) is 0.172. The first-order valence-electron chi connectivity index (χ1n) is 7.60. The van der Waals surface area contributed by atoms with Gasteiger partial charge in [-0.2, -0.15) is 18.2 Å². The number of fused-ring (bicyclic) bond motifs is 1. The van der Waals surface area contributed by atoms with E-state index >= 15 is 0 Å². The summed E-state index contributed by atoms with van der Waals surface area (Å²) in [5.74, 6) is 0.390. The van der Waals surface area contributed by atoms with Crippen molar-refractivity contribution in [2.75, 3.05) is 19.0 Å². The van der Waals surface area contributed by atoms with Crippen LogP contribution >= 0.6 is 0 Å². The predicted molar refractivity (Wildman–Crippen MR) is 90.9 cm³/mol. The highest BCUT2D eigenvalue weighted by Crippen LogP contribution is 2.30. The Labute approximate surface area is 142 Å². The van der Waals surface area contributed by atoms with Gasteiger partial charge < -0.3 is 9.47 Å². The summed E-state index contributed by atoms with van der Waals surface area (Å²) in [5, 5.41) is 0.431. The molecule has 0 fully saturated rings. The van der Waals surface area contributed by atoms with E-state index in [-0.39, 0.29) is 12.1 Å². The zero-order chi connectivity index (χ0) is 18.2. The number of aromatic nitrogens is 2. The molecule has 25 heavy (non-hydrogen) atoms. The molecule has 7 heteroatoms. The number of rotatable bonds is 3. The number of hydrogen-bond acceptors (Lipinski definition) is 3. The van der Waals surface area contributed by atoms with Crippen LogP contribution in [0.3, 0.4) is 0 Å². The molecule has 1 aromatic heterocycles. The average molecular weight is 347 g/mol. The Balaban J connectivity index is 2.17. The highest BCUT2D eigenvalue weighted by Gasteiger charge is 2.30. The van der Waals surface area contributed by atoms with Crippen LogP contribution in [-0.4, -0.2) is 23.6 Å². The van der Waals surface area contributed by atoms with Crippen LogP contribution in [-0.2, 0) is 12.7 Å². The molecule has 3 aromatic rings. The van der Waals surface area contributed by atoms with E-state index in [0.29, 0.717) is 22.4 Å². The minimum absolute atomic E-state index is 0.172. The summed E-state index contributed by atoms with van der Waals surface area (Å²) in [6.07, 6.45) is -4.40. The first kappa shape index (κ1) is 17.0. The van der Waals surface area contributed by atoms with Crippen LogP contribution in [0, 0.1) is 0 Å². The number of anilines is 1. The van der Waals surface area contributed by atoms with Gasteiger partial charge in [0.25, 0.3) is 5.56 Å². The molecular weight excluding hydrogens is 331 g/mol. The Morgan fingerprint density at radius 2 is 1.80 bits per heavy atom. The molecule has 4 nitrogen and oxygen atoms in total. The lowest BCUT2D eigenvalue weighted by molar-refractivity contribution is -0.137.